The van der Waals surface area contributed by atoms with Gasteiger partial charge < -0.3 is 0 Å². The molecule has 0 bridgehead atoms. The van der Waals surface area contributed by atoms with E-state index >= 15 is 0 Å². The van der Waals surface area contributed by atoms with Crippen molar-refractivity contribution >= 4 is 5.78 Å². The highest BCUT2D eigenvalue weighted by molar-refractivity contribution is 5.98. The Morgan fingerprint density at radius 1 is 1.33 bits per heavy atom. The fourth-order valence-electron chi connectivity index (χ4n) is 2.18. The van der Waals surface area contributed by atoms with E-state index in [0.717, 1.165) is 23.5 Å². The summed E-state index contributed by atoms with van der Waals surface area (Å²) in [4.78, 5) is 12.5. The minimum atomic E-state index is 0.0549. The number of ketones is 1. The smallest absolute Gasteiger partial charge is 0.170 e. The van der Waals surface area contributed by atoms with E-state index in [1.165, 1.54) is 0 Å². The van der Waals surface area contributed by atoms with Gasteiger partial charge in [0.25, 0.3) is 0 Å². The molecule has 0 radical (unpaired) electrons. The minimum Gasteiger partial charge on any atom is -0.294 e. The van der Waals surface area contributed by atoms with Crippen LogP contribution in [0.1, 0.15) is 60.7 Å². The molecule has 0 aromatic carbocycles. The van der Waals surface area contributed by atoms with Crippen molar-refractivity contribution < 1.29 is 4.79 Å². The number of hydrogen-bond acceptors (Lipinski definition) is 4. The average molecular weight is 286 g/mol. The molecule has 0 aliphatic heterocycles. The van der Waals surface area contributed by atoms with Crippen LogP contribution < -0.4 is 0 Å². The van der Waals surface area contributed by atoms with Crippen molar-refractivity contribution in [2.45, 2.75) is 53.0 Å². The Morgan fingerprint density at radius 3 is 2.76 bits per heavy atom. The molecule has 5 nitrogen and oxygen atoms in total. The third-order valence-electron chi connectivity index (χ3n) is 3.68. The quantitative estimate of drug-likeness (QED) is 0.766. The highest BCUT2D eigenvalue weighted by Crippen LogP contribution is 2.13. The van der Waals surface area contributed by atoms with Gasteiger partial charge in [0, 0.05) is 17.8 Å². The van der Waals surface area contributed by atoms with Crippen molar-refractivity contribution in [3.8, 4) is 0 Å². The van der Waals surface area contributed by atoms with Gasteiger partial charge in [-0.2, -0.15) is 15.3 Å². The molecule has 0 N–H and O–H groups in total. The average Bonchev–Trinajstić information content (AvgIpc) is 2.94. The van der Waals surface area contributed by atoms with Gasteiger partial charge in [-0.15, -0.1) is 0 Å². The Hall–Kier alpha value is -2.04. The molecule has 5 heteroatoms. The summed E-state index contributed by atoms with van der Waals surface area (Å²) in [6.45, 7) is 8.06. The van der Waals surface area contributed by atoms with Gasteiger partial charge in [0.1, 0.15) is 0 Å². The molecule has 112 valence electrons. The molecular weight excluding hydrogens is 264 g/mol. The first kappa shape index (κ1) is 15.4. The van der Waals surface area contributed by atoms with Crippen molar-refractivity contribution in [3.63, 3.8) is 0 Å². The van der Waals surface area contributed by atoms with Crippen LogP contribution in [0.4, 0.5) is 0 Å². The zero-order chi connectivity index (χ0) is 15.4. The van der Waals surface area contributed by atoms with Gasteiger partial charge in [-0.05, 0) is 38.8 Å². The first-order valence-electron chi connectivity index (χ1n) is 7.45. The molecule has 0 amide bonds. The number of hydrogen-bond donors (Lipinski definition) is 0. The summed E-state index contributed by atoms with van der Waals surface area (Å²) in [6.07, 6.45) is 3.97. The first-order valence-corrected chi connectivity index (χ1v) is 7.45. The lowest BCUT2D eigenvalue weighted by atomic mass is 10.0. The molecule has 0 fully saturated rings. The van der Waals surface area contributed by atoms with Gasteiger partial charge >= 0.3 is 0 Å². The van der Waals surface area contributed by atoms with Crippen LogP contribution in [0.25, 0.3) is 0 Å². The van der Waals surface area contributed by atoms with Crippen LogP contribution in [-0.4, -0.2) is 25.8 Å². The number of carbonyl (C=O) groups excluding carboxylic acids is 1. The zero-order valence-corrected chi connectivity index (χ0v) is 13.1. The first-order chi connectivity index (χ1) is 10.0. The second-order valence-electron chi connectivity index (χ2n) is 5.34. The maximum Gasteiger partial charge on any atom is 0.170 e. The number of carbonyl (C=O) groups is 1. The van der Waals surface area contributed by atoms with Crippen LogP contribution in [-0.2, 0) is 12.8 Å². The molecule has 1 atom stereocenters. The van der Waals surface area contributed by atoms with E-state index in [2.05, 4.69) is 29.1 Å². The van der Waals surface area contributed by atoms with Gasteiger partial charge in [0.05, 0.1) is 23.5 Å². The van der Waals surface area contributed by atoms with Crippen LogP contribution in [0, 0.1) is 6.92 Å². The van der Waals surface area contributed by atoms with E-state index in [0.29, 0.717) is 24.4 Å². The second kappa shape index (κ2) is 6.61. The van der Waals surface area contributed by atoms with Crippen molar-refractivity contribution in [1.82, 2.24) is 20.0 Å². The Balaban J connectivity index is 2.18. The Morgan fingerprint density at radius 2 is 2.10 bits per heavy atom. The second-order valence-corrected chi connectivity index (χ2v) is 5.34. The standard InChI is InChI=1S/C16H22N4O/c1-5-12(4)20-8-7-13(19-20)10-16(21)14-9-11(3)17-18-15(14)6-2/h7-9,12H,5-6,10H2,1-4H3. The van der Waals surface area contributed by atoms with Crippen LogP contribution in [0.15, 0.2) is 18.3 Å². The number of Topliss-reactive ketones (excluding diaryl/α,β-unsaturated/α-hetero) is 1. The summed E-state index contributed by atoms with van der Waals surface area (Å²) >= 11 is 0. The number of aryl methyl sites for hydroxylation is 2. The van der Waals surface area contributed by atoms with Gasteiger partial charge in [0.2, 0.25) is 0 Å². The lowest BCUT2D eigenvalue weighted by molar-refractivity contribution is 0.0990. The van der Waals surface area contributed by atoms with Crippen molar-refractivity contribution in [3.05, 3.63) is 41.0 Å². The molecular formula is C16H22N4O. The molecule has 2 heterocycles. The monoisotopic (exact) mass is 286 g/mol. The summed E-state index contributed by atoms with van der Waals surface area (Å²) in [5.41, 5.74) is 2.99. The Kier molecular flexibility index (Phi) is 4.83. The van der Waals surface area contributed by atoms with E-state index in [1.54, 1.807) is 0 Å². The third kappa shape index (κ3) is 3.54. The van der Waals surface area contributed by atoms with E-state index in [1.807, 2.05) is 36.9 Å². The predicted octanol–water partition coefficient (Wildman–Crippen LogP) is 2.94. The summed E-state index contributed by atoms with van der Waals surface area (Å²) < 4.78 is 1.92. The van der Waals surface area contributed by atoms with Crippen LogP contribution in [0.3, 0.4) is 0 Å². The van der Waals surface area contributed by atoms with Crippen LogP contribution in [0.5, 0.6) is 0 Å². The molecule has 0 aliphatic rings. The van der Waals surface area contributed by atoms with Gasteiger partial charge in [0.15, 0.2) is 5.78 Å². The summed E-state index contributed by atoms with van der Waals surface area (Å²) in [5, 5.41) is 12.6. The lowest BCUT2D eigenvalue weighted by Crippen LogP contribution is -2.11. The van der Waals surface area contributed by atoms with Crippen molar-refractivity contribution in [2.75, 3.05) is 0 Å². The van der Waals surface area contributed by atoms with E-state index in [4.69, 9.17) is 0 Å². The fraction of sp³-hybridized carbons (Fsp3) is 0.500. The minimum absolute atomic E-state index is 0.0549. The summed E-state index contributed by atoms with van der Waals surface area (Å²) in [6, 6.07) is 4.08. The zero-order valence-electron chi connectivity index (χ0n) is 13.1. The Bertz CT molecular complexity index is 633. The number of aromatic nitrogens is 4. The topological polar surface area (TPSA) is 60.7 Å². The molecule has 2 rings (SSSR count). The van der Waals surface area contributed by atoms with Crippen molar-refractivity contribution in [2.24, 2.45) is 0 Å². The molecule has 0 aliphatic carbocycles. The van der Waals surface area contributed by atoms with Gasteiger partial charge in [-0.25, -0.2) is 0 Å². The number of rotatable bonds is 6. The van der Waals surface area contributed by atoms with Crippen molar-refractivity contribution in [1.29, 1.82) is 0 Å². The third-order valence-corrected chi connectivity index (χ3v) is 3.68. The summed E-state index contributed by atoms with van der Waals surface area (Å²) in [5.74, 6) is 0.0549. The molecule has 0 spiro atoms. The van der Waals surface area contributed by atoms with Gasteiger partial charge in [-0.3, -0.25) is 9.48 Å². The maximum atomic E-state index is 12.5. The highest BCUT2D eigenvalue weighted by Gasteiger charge is 2.15. The summed E-state index contributed by atoms with van der Waals surface area (Å²) in [7, 11) is 0. The highest BCUT2D eigenvalue weighted by atomic mass is 16.1. The lowest BCUT2D eigenvalue weighted by Gasteiger charge is -2.08. The van der Waals surface area contributed by atoms with Gasteiger partial charge in [-0.1, -0.05) is 13.8 Å². The van der Waals surface area contributed by atoms with E-state index < -0.39 is 0 Å². The van der Waals surface area contributed by atoms with Crippen LogP contribution >= 0.6 is 0 Å². The maximum absolute atomic E-state index is 12.5. The molecule has 21 heavy (non-hydrogen) atoms. The largest absolute Gasteiger partial charge is 0.294 e. The fourth-order valence-corrected chi connectivity index (χ4v) is 2.18. The molecule has 0 saturated heterocycles. The van der Waals surface area contributed by atoms with E-state index in [9.17, 15) is 4.79 Å². The SMILES string of the molecule is CCc1nnc(C)cc1C(=O)Cc1ccn(C(C)CC)n1. The molecule has 2 aromatic heterocycles. The van der Waals surface area contributed by atoms with E-state index in [-0.39, 0.29) is 5.78 Å². The molecule has 2 aromatic rings. The molecule has 1 unspecified atom stereocenters. The predicted molar refractivity (Wildman–Crippen MR) is 81.4 cm³/mol. The normalized spacial score (nSPS) is 12.4. The Labute approximate surface area is 125 Å². The van der Waals surface area contributed by atoms with Crippen LogP contribution in [0.2, 0.25) is 0 Å². The molecule has 0 saturated carbocycles. The number of nitrogens with zero attached hydrogens (tertiary/aromatic N) is 4.